The molecule has 9 nitrogen and oxygen atoms in total. The number of hydrogen-bond acceptors (Lipinski definition) is 11. The van der Waals surface area contributed by atoms with Gasteiger partial charge in [0, 0.05) is 6.07 Å². The van der Waals surface area contributed by atoms with E-state index < -0.39 is 17.5 Å². The normalized spacial score (nSPS) is 11.6. The molecule has 0 saturated carbocycles. The van der Waals surface area contributed by atoms with Crippen LogP contribution in [0.15, 0.2) is 73.7 Å². The maximum absolute atomic E-state index is 12.3. The van der Waals surface area contributed by atoms with Gasteiger partial charge in [-0.1, -0.05) is 47.4 Å². The van der Waals surface area contributed by atoms with E-state index in [0.29, 0.717) is 31.6 Å². The van der Waals surface area contributed by atoms with Gasteiger partial charge in [-0.2, -0.15) is 0 Å². The summed E-state index contributed by atoms with van der Waals surface area (Å²) in [7, 11) is 0. The van der Waals surface area contributed by atoms with Crippen LogP contribution in [0.3, 0.4) is 0 Å². The lowest BCUT2D eigenvalue weighted by atomic mass is 10.3. The molecular formula is C22H17N3O6S3. The monoisotopic (exact) mass is 515 g/mol. The van der Waals surface area contributed by atoms with Crippen LogP contribution in [0.2, 0.25) is 0 Å². The van der Waals surface area contributed by atoms with Crippen molar-refractivity contribution in [2.75, 3.05) is 5.32 Å². The highest BCUT2D eigenvalue weighted by atomic mass is 32.2. The van der Waals surface area contributed by atoms with Gasteiger partial charge in [-0.05, 0) is 30.5 Å². The van der Waals surface area contributed by atoms with Gasteiger partial charge in [-0.3, -0.25) is 14.9 Å². The zero-order valence-electron chi connectivity index (χ0n) is 17.6. The molecule has 0 saturated heterocycles. The van der Waals surface area contributed by atoms with Crippen molar-refractivity contribution in [1.29, 1.82) is 0 Å². The SMILES string of the molecule is CC(Oc1ccccc1)C(=O)Oc1coc(CSc2nnc(NC(=O)c3cccs3)s2)cc1=O. The number of esters is 1. The molecule has 4 rings (SSSR count). The van der Waals surface area contributed by atoms with E-state index in [2.05, 4.69) is 15.5 Å². The Labute approximate surface area is 205 Å². The van der Waals surface area contributed by atoms with Crippen molar-refractivity contribution in [2.24, 2.45) is 0 Å². The van der Waals surface area contributed by atoms with Crippen LogP contribution < -0.4 is 20.2 Å². The molecule has 174 valence electrons. The first-order valence-electron chi connectivity index (χ1n) is 9.84. The van der Waals surface area contributed by atoms with Crippen LogP contribution in [-0.4, -0.2) is 28.2 Å². The Morgan fingerprint density at radius 1 is 1.18 bits per heavy atom. The van der Waals surface area contributed by atoms with Crippen LogP contribution in [0.4, 0.5) is 5.13 Å². The largest absolute Gasteiger partial charge is 0.479 e. The summed E-state index contributed by atoms with van der Waals surface area (Å²) in [5, 5.41) is 12.8. The fourth-order valence-electron chi connectivity index (χ4n) is 2.55. The standard InChI is InChI=1S/C22H17N3O6S3/c1-13(30-14-6-3-2-4-7-14)20(28)31-17-11-29-15(10-16(17)26)12-33-22-25-24-21(34-22)23-19(27)18-8-5-9-32-18/h2-11,13H,12H2,1H3,(H,23,24,27). The Morgan fingerprint density at radius 3 is 2.74 bits per heavy atom. The fraction of sp³-hybridized carbons (Fsp3) is 0.136. The number of hydrogen-bond donors (Lipinski definition) is 1. The summed E-state index contributed by atoms with van der Waals surface area (Å²) < 4.78 is 16.6. The van der Waals surface area contributed by atoms with Crippen molar-refractivity contribution in [3.63, 3.8) is 0 Å². The number of anilines is 1. The first-order valence-corrected chi connectivity index (χ1v) is 12.5. The molecular weight excluding hydrogens is 498 g/mol. The highest BCUT2D eigenvalue weighted by Crippen LogP contribution is 2.28. The third-order valence-corrected chi connectivity index (χ3v) is 7.02. The molecule has 0 spiro atoms. The van der Waals surface area contributed by atoms with E-state index in [-0.39, 0.29) is 11.7 Å². The van der Waals surface area contributed by atoms with Gasteiger partial charge in [0.1, 0.15) is 17.8 Å². The third kappa shape index (κ3) is 6.31. The zero-order valence-corrected chi connectivity index (χ0v) is 20.1. The van der Waals surface area contributed by atoms with Gasteiger partial charge in [0.05, 0.1) is 10.6 Å². The van der Waals surface area contributed by atoms with E-state index >= 15 is 0 Å². The van der Waals surface area contributed by atoms with Crippen molar-refractivity contribution in [2.45, 2.75) is 23.1 Å². The van der Waals surface area contributed by atoms with E-state index in [9.17, 15) is 14.4 Å². The van der Waals surface area contributed by atoms with E-state index in [1.807, 2.05) is 11.4 Å². The predicted molar refractivity (Wildman–Crippen MR) is 129 cm³/mol. The molecule has 34 heavy (non-hydrogen) atoms. The number of benzene rings is 1. The van der Waals surface area contributed by atoms with E-state index in [0.717, 1.165) is 6.26 Å². The molecule has 0 aliphatic carbocycles. The number of nitrogens with zero attached hydrogens (tertiary/aromatic N) is 2. The molecule has 1 amide bonds. The maximum Gasteiger partial charge on any atom is 0.352 e. The molecule has 1 unspecified atom stereocenters. The van der Waals surface area contributed by atoms with Gasteiger partial charge in [-0.15, -0.1) is 21.5 Å². The highest BCUT2D eigenvalue weighted by Gasteiger charge is 2.19. The first-order chi connectivity index (χ1) is 16.5. The molecule has 3 aromatic heterocycles. The number of rotatable bonds is 9. The minimum atomic E-state index is -0.913. The van der Waals surface area contributed by atoms with Gasteiger partial charge in [0.2, 0.25) is 16.3 Å². The average molecular weight is 516 g/mol. The van der Waals surface area contributed by atoms with Crippen LogP contribution in [0, 0.1) is 0 Å². The Hall–Kier alpha value is -3.48. The molecule has 1 atom stereocenters. The number of carbonyl (C=O) groups excluding carboxylic acids is 2. The average Bonchev–Trinajstić information content (AvgIpc) is 3.52. The number of thiophene rings is 1. The van der Waals surface area contributed by atoms with E-state index in [1.165, 1.54) is 47.4 Å². The Morgan fingerprint density at radius 2 is 2.00 bits per heavy atom. The van der Waals surface area contributed by atoms with Crippen LogP contribution in [0.25, 0.3) is 0 Å². The summed E-state index contributed by atoms with van der Waals surface area (Å²) in [6.07, 6.45) is 0.182. The Kier molecular flexibility index (Phi) is 7.72. The number of carbonyl (C=O) groups is 2. The van der Waals surface area contributed by atoms with Crippen LogP contribution >= 0.6 is 34.4 Å². The topological polar surface area (TPSA) is 121 Å². The molecule has 1 N–H and O–H groups in total. The summed E-state index contributed by atoms with van der Waals surface area (Å²) in [6.45, 7) is 1.53. The predicted octanol–water partition coefficient (Wildman–Crippen LogP) is 4.47. The van der Waals surface area contributed by atoms with Gasteiger partial charge >= 0.3 is 5.97 Å². The number of ether oxygens (including phenoxy) is 2. The van der Waals surface area contributed by atoms with Crippen molar-refractivity contribution in [1.82, 2.24) is 10.2 Å². The number of aromatic nitrogens is 2. The van der Waals surface area contributed by atoms with Gasteiger partial charge in [-0.25, -0.2) is 4.79 Å². The molecule has 0 bridgehead atoms. The quantitative estimate of drug-likeness (QED) is 0.195. The molecule has 1 aromatic carbocycles. The lowest BCUT2D eigenvalue weighted by Crippen LogP contribution is -2.29. The Balaban J connectivity index is 1.29. The summed E-state index contributed by atoms with van der Waals surface area (Å²) >= 11 is 3.83. The van der Waals surface area contributed by atoms with Crippen LogP contribution in [-0.2, 0) is 10.5 Å². The maximum atomic E-state index is 12.3. The minimum absolute atomic E-state index is 0.225. The Bertz CT molecular complexity index is 1320. The van der Waals surface area contributed by atoms with Gasteiger partial charge in [0.25, 0.3) is 5.91 Å². The molecule has 3 heterocycles. The molecule has 12 heteroatoms. The number of amides is 1. The number of para-hydroxylation sites is 1. The second kappa shape index (κ2) is 11.1. The third-order valence-electron chi connectivity index (χ3n) is 4.16. The lowest BCUT2D eigenvalue weighted by Gasteiger charge is -2.13. The van der Waals surface area contributed by atoms with Crippen LogP contribution in [0.5, 0.6) is 11.5 Å². The van der Waals surface area contributed by atoms with E-state index in [4.69, 9.17) is 13.9 Å². The van der Waals surface area contributed by atoms with Crippen molar-refractivity contribution >= 4 is 51.4 Å². The smallest absolute Gasteiger partial charge is 0.352 e. The number of nitrogens with one attached hydrogen (secondary N) is 1. The summed E-state index contributed by atoms with van der Waals surface area (Å²) in [5.41, 5.74) is -0.497. The molecule has 0 aliphatic heterocycles. The second-order valence-electron chi connectivity index (χ2n) is 6.66. The van der Waals surface area contributed by atoms with E-state index in [1.54, 1.807) is 36.4 Å². The van der Waals surface area contributed by atoms with Crippen LogP contribution in [0.1, 0.15) is 22.4 Å². The number of thioether (sulfide) groups is 1. The fourth-order valence-corrected chi connectivity index (χ4v) is 4.81. The highest BCUT2D eigenvalue weighted by molar-refractivity contribution is 8.00. The summed E-state index contributed by atoms with van der Waals surface area (Å²) in [6, 6.07) is 13.6. The second-order valence-corrected chi connectivity index (χ2v) is 9.81. The molecule has 4 aromatic rings. The van der Waals surface area contributed by atoms with Crippen molar-refractivity contribution < 1.29 is 23.5 Å². The summed E-state index contributed by atoms with van der Waals surface area (Å²) in [5.74, 6) is -0.0202. The van der Waals surface area contributed by atoms with Gasteiger partial charge in [0.15, 0.2) is 10.4 Å². The van der Waals surface area contributed by atoms with Gasteiger partial charge < -0.3 is 13.9 Å². The molecule has 0 radical (unpaired) electrons. The summed E-state index contributed by atoms with van der Waals surface area (Å²) in [4.78, 5) is 37.2. The first kappa shape index (κ1) is 23.7. The minimum Gasteiger partial charge on any atom is -0.479 e. The van der Waals surface area contributed by atoms with Crippen molar-refractivity contribution in [3.05, 3.63) is 81.0 Å². The molecule has 0 fully saturated rings. The molecule has 0 aliphatic rings. The zero-order chi connectivity index (χ0) is 23.9. The lowest BCUT2D eigenvalue weighted by molar-refractivity contribution is -0.141. The van der Waals surface area contributed by atoms with Crippen molar-refractivity contribution in [3.8, 4) is 11.5 Å².